The van der Waals surface area contributed by atoms with E-state index in [0.717, 1.165) is 42.0 Å². The van der Waals surface area contributed by atoms with Gasteiger partial charge in [0.2, 0.25) is 5.91 Å². The Hall–Kier alpha value is -3.55. The zero-order chi connectivity index (χ0) is 23.9. The third-order valence-electron chi connectivity index (χ3n) is 5.80. The Bertz CT molecular complexity index is 1100. The molecule has 1 saturated heterocycles. The number of carbonyl (C=O) groups excluding carboxylic acids is 1. The van der Waals surface area contributed by atoms with Crippen LogP contribution in [0.25, 0.3) is 11.3 Å². The molecule has 2 aromatic carbocycles. The van der Waals surface area contributed by atoms with Gasteiger partial charge in [-0.2, -0.15) is 5.10 Å². The molecule has 1 unspecified atom stereocenters. The average molecular weight is 467 g/mol. The van der Waals surface area contributed by atoms with Gasteiger partial charge in [-0.15, -0.1) is 0 Å². The van der Waals surface area contributed by atoms with Gasteiger partial charge in [0.05, 0.1) is 25.3 Å². The lowest BCUT2D eigenvalue weighted by atomic mass is 10.0. The summed E-state index contributed by atoms with van der Waals surface area (Å²) in [6.07, 6.45) is 2.16. The molecule has 8 heteroatoms. The Morgan fingerprint density at radius 3 is 2.65 bits per heavy atom. The fourth-order valence-electron chi connectivity index (χ4n) is 4.22. The minimum absolute atomic E-state index is 0.0208. The van der Waals surface area contributed by atoms with Gasteiger partial charge in [-0.05, 0) is 74.2 Å². The smallest absolute Gasteiger partial charge is 0.224 e. The van der Waals surface area contributed by atoms with Crippen molar-refractivity contribution >= 4 is 11.7 Å². The predicted octanol–water partition coefficient (Wildman–Crippen LogP) is 4.34. The molecule has 1 atom stereocenters. The highest BCUT2D eigenvalue weighted by Gasteiger charge is 2.23. The molecule has 1 fully saturated rings. The number of aromatic amines is 1. The van der Waals surface area contributed by atoms with E-state index in [4.69, 9.17) is 9.47 Å². The summed E-state index contributed by atoms with van der Waals surface area (Å²) in [7, 11) is 0. The van der Waals surface area contributed by atoms with Gasteiger partial charge < -0.3 is 19.7 Å². The van der Waals surface area contributed by atoms with Crippen LogP contribution in [0.3, 0.4) is 0 Å². The van der Waals surface area contributed by atoms with E-state index in [1.807, 2.05) is 38.1 Å². The Morgan fingerprint density at radius 2 is 1.88 bits per heavy atom. The maximum absolute atomic E-state index is 13.2. The molecule has 3 aromatic rings. The van der Waals surface area contributed by atoms with Crippen molar-refractivity contribution in [2.75, 3.05) is 31.2 Å². The van der Waals surface area contributed by atoms with E-state index in [0.29, 0.717) is 31.3 Å². The van der Waals surface area contributed by atoms with Gasteiger partial charge in [0, 0.05) is 25.2 Å². The van der Waals surface area contributed by atoms with Gasteiger partial charge >= 0.3 is 0 Å². The maximum atomic E-state index is 13.2. The number of hydrogen-bond acceptors (Lipinski definition) is 5. The normalized spacial score (nSPS) is 15.7. The Balaban J connectivity index is 1.35. The number of anilines is 1. The summed E-state index contributed by atoms with van der Waals surface area (Å²) in [4.78, 5) is 14.9. The number of amides is 1. The van der Waals surface area contributed by atoms with Crippen LogP contribution in [0.15, 0.2) is 48.5 Å². The van der Waals surface area contributed by atoms with Crippen molar-refractivity contribution in [2.24, 2.45) is 0 Å². The van der Waals surface area contributed by atoms with Crippen LogP contribution in [0.5, 0.6) is 11.5 Å². The lowest BCUT2D eigenvalue weighted by molar-refractivity contribution is -0.121. The quantitative estimate of drug-likeness (QED) is 0.490. The van der Waals surface area contributed by atoms with Crippen molar-refractivity contribution in [3.8, 4) is 22.8 Å². The van der Waals surface area contributed by atoms with Crippen LogP contribution in [0.2, 0.25) is 0 Å². The van der Waals surface area contributed by atoms with E-state index < -0.39 is 0 Å². The average Bonchev–Trinajstić information content (AvgIpc) is 3.32. The van der Waals surface area contributed by atoms with Gasteiger partial charge in [0.15, 0.2) is 17.3 Å². The molecule has 34 heavy (non-hydrogen) atoms. The molecule has 0 saturated carbocycles. The number of ether oxygens (including phenoxy) is 2. The van der Waals surface area contributed by atoms with Gasteiger partial charge in [-0.1, -0.05) is 6.07 Å². The van der Waals surface area contributed by atoms with Gasteiger partial charge in [0.1, 0.15) is 5.82 Å². The van der Waals surface area contributed by atoms with Crippen LogP contribution in [0.4, 0.5) is 10.2 Å². The van der Waals surface area contributed by atoms with E-state index >= 15 is 0 Å². The first-order chi connectivity index (χ1) is 16.6. The fraction of sp³-hybridized carbons (Fsp3) is 0.385. The molecule has 7 nitrogen and oxygen atoms in total. The lowest BCUT2D eigenvalue weighted by Crippen LogP contribution is -2.48. The SMILES string of the molecule is CCOc1ccc(CC(=O)NC2CCCN(c3cc(-c4ccc(F)cc4)[nH]n3)C2)cc1OCC. The molecule has 1 aliphatic heterocycles. The second kappa shape index (κ2) is 11.0. The highest BCUT2D eigenvalue weighted by molar-refractivity contribution is 5.79. The molecule has 4 rings (SSSR count). The number of nitrogens with zero attached hydrogens (tertiary/aromatic N) is 2. The van der Waals surface area contributed by atoms with E-state index in [1.165, 1.54) is 12.1 Å². The Morgan fingerprint density at radius 1 is 1.12 bits per heavy atom. The summed E-state index contributed by atoms with van der Waals surface area (Å²) in [5, 5.41) is 10.6. The first-order valence-electron chi connectivity index (χ1n) is 11.8. The topological polar surface area (TPSA) is 79.5 Å². The van der Waals surface area contributed by atoms with Crippen molar-refractivity contribution in [2.45, 2.75) is 39.2 Å². The Labute approximate surface area is 199 Å². The fourth-order valence-corrected chi connectivity index (χ4v) is 4.22. The summed E-state index contributed by atoms with van der Waals surface area (Å²) in [6.45, 7) is 6.50. The van der Waals surface area contributed by atoms with E-state index in [2.05, 4.69) is 20.4 Å². The summed E-state index contributed by atoms with van der Waals surface area (Å²) in [5.41, 5.74) is 2.60. The number of carbonyl (C=O) groups is 1. The maximum Gasteiger partial charge on any atom is 0.224 e. The van der Waals surface area contributed by atoms with E-state index in [-0.39, 0.29) is 24.2 Å². The molecule has 0 spiro atoms. The van der Waals surface area contributed by atoms with Gasteiger partial charge in [-0.3, -0.25) is 9.89 Å². The third kappa shape index (κ3) is 5.87. The molecule has 2 N–H and O–H groups in total. The highest BCUT2D eigenvalue weighted by atomic mass is 19.1. The lowest BCUT2D eigenvalue weighted by Gasteiger charge is -2.33. The molecule has 0 bridgehead atoms. The Kier molecular flexibility index (Phi) is 7.67. The molecule has 0 aliphatic carbocycles. The molecule has 0 radical (unpaired) electrons. The summed E-state index contributed by atoms with van der Waals surface area (Å²) < 4.78 is 24.5. The molecular formula is C26H31FN4O3. The minimum Gasteiger partial charge on any atom is -0.490 e. The van der Waals surface area contributed by atoms with E-state index in [1.54, 1.807) is 12.1 Å². The van der Waals surface area contributed by atoms with Gasteiger partial charge in [0.25, 0.3) is 0 Å². The first kappa shape index (κ1) is 23.6. The minimum atomic E-state index is -0.266. The number of benzene rings is 2. The van der Waals surface area contributed by atoms with Crippen molar-refractivity contribution in [1.82, 2.24) is 15.5 Å². The van der Waals surface area contributed by atoms with Crippen molar-refractivity contribution in [3.05, 3.63) is 59.9 Å². The largest absolute Gasteiger partial charge is 0.490 e. The standard InChI is InChI=1S/C26H31FN4O3/c1-3-33-23-12-7-18(14-24(23)34-4-2)15-26(32)28-21-6-5-13-31(17-21)25-16-22(29-30-25)19-8-10-20(27)11-9-19/h7-12,14,16,21H,3-6,13,15,17H2,1-2H3,(H,28,32)(H,29,30). The van der Waals surface area contributed by atoms with Crippen LogP contribution in [0, 0.1) is 5.82 Å². The first-order valence-corrected chi connectivity index (χ1v) is 11.8. The second-order valence-corrected chi connectivity index (χ2v) is 8.32. The molecular weight excluding hydrogens is 435 g/mol. The number of halogens is 1. The molecule has 1 aromatic heterocycles. The molecule has 1 aliphatic rings. The number of piperidine rings is 1. The van der Waals surface area contributed by atoms with Gasteiger partial charge in [-0.25, -0.2) is 4.39 Å². The van der Waals surface area contributed by atoms with Crippen LogP contribution in [-0.2, 0) is 11.2 Å². The number of H-pyrrole nitrogens is 1. The van der Waals surface area contributed by atoms with Crippen LogP contribution in [-0.4, -0.2) is 48.4 Å². The van der Waals surface area contributed by atoms with Crippen molar-refractivity contribution < 1.29 is 18.7 Å². The second-order valence-electron chi connectivity index (χ2n) is 8.32. The molecule has 180 valence electrons. The summed E-state index contributed by atoms with van der Waals surface area (Å²) in [5.74, 6) is 1.89. The highest BCUT2D eigenvalue weighted by Crippen LogP contribution is 2.29. The van der Waals surface area contributed by atoms with E-state index in [9.17, 15) is 9.18 Å². The monoisotopic (exact) mass is 466 g/mol. The predicted molar refractivity (Wildman–Crippen MR) is 130 cm³/mol. The number of rotatable bonds is 9. The third-order valence-corrected chi connectivity index (χ3v) is 5.80. The van der Waals surface area contributed by atoms with Crippen molar-refractivity contribution in [3.63, 3.8) is 0 Å². The van der Waals surface area contributed by atoms with Crippen LogP contribution in [0.1, 0.15) is 32.3 Å². The number of hydrogen-bond donors (Lipinski definition) is 2. The number of aromatic nitrogens is 2. The summed E-state index contributed by atoms with van der Waals surface area (Å²) in [6, 6.07) is 14.0. The molecule has 2 heterocycles. The van der Waals surface area contributed by atoms with Crippen LogP contribution < -0.4 is 19.7 Å². The van der Waals surface area contributed by atoms with Crippen LogP contribution >= 0.6 is 0 Å². The zero-order valence-corrected chi connectivity index (χ0v) is 19.6. The molecule has 1 amide bonds. The number of nitrogens with one attached hydrogen (secondary N) is 2. The van der Waals surface area contributed by atoms with Crippen molar-refractivity contribution in [1.29, 1.82) is 0 Å². The summed E-state index contributed by atoms with van der Waals surface area (Å²) >= 11 is 0. The zero-order valence-electron chi connectivity index (χ0n) is 19.6.